The molecule has 1 amide bonds. The van der Waals surface area contributed by atoms with Crippen LogP contribution in [0.15, 0.2) is 24.3 Å². The third-order valence-electron chi connectivity index (χ3n) is 4.01. The molecule has 0 spiro atoms. The molecule has 1 N–H and O–H groups in total. The Morgan fingerprint density at radius 2 is 1.87 bits per heavy atom. The Balaban J connectivity index is 3.01. The lowest BCUT2D eigenvalue weighted by Crippen LogP contribution is -2.57. The molecule has 0 saturated heterocycles. The summed E-state index contributed by atoms with van der Waals surface area (Å²) < 4.78 is 5.07. The van der Waals surface area contributed by atoms with Crippen molar-refractivity contribution in [2.24, 2.45) is 5.92 Å². The second-order valence-electron chi connectivity index (χ2n) is 5.49. The number of carbonyl (C=O) groups excluding carboxylic acids is 2. The number of amides is 1. The molecule has 0 aliphatic carbocycles. The van der Waals surface area contributed by atoms with Gasteiger partial charge >= 0.3 is 5.97 Å². The van der Waals surface area contributed by atoms with Crippen LogP contribution in [-0.2, 0) is 9.53 Å². The SMILES string of the molecule is CCOC(=O)[C@@](C)(NC(=O)c1ccc([N+](=O)[O-])cc1)[C@@H](C)CC. The fourth-order valence-corrected chi connectivity index (χ4v) is 2.11. The predicted octanol–water partition coefficient (Wildman–Crippen LogP) is 2.69. The number of hydrogen-bond donors (Lipinski definition) is 1. The molecule has 0 radical (unpaired) electrons. The van der Waals surface area contributed by atoms with Crippen molar-refractivity contribution in [3.05, 3.63) is 39.9 Å². The minimum absolute atomic E-state index is 0.100. The van der Waals surface area contributed by atoms with Gasteiger partial charge in [0.15, 0.2) is 0 Å². The lowest BCUT2D eigenvalue weighted by atomic mass is 9.84. The van der Waals surface area contributed by atoms with Gasteiger partial charge in [-0.3, -0.25) is 14.9 Å². The Morgan fingerprint density at radius 3 is 2.30 bits per heavy atom. The lowest BCUT2D eigenvalue weighted by molar-refractivity contribution is -0.384. The number of rotatable bonds is 7. The number of non-ortho nitro benzene ring substituents is 1. The summed E-state index contributed by atoms with van der Waals surface area (Å²) in [5, 5.41) is 13.4. The highest BCUT2D eigenvalue weighted by atomic mass is 16.6. The summed E-state index contributed by atoms with van der Waals surface area (Å²) in [5.41, 5.74) is -1.02. The van der Waals surface area contributed by atoms with Crippen molar-refractivity contribution in [1.82, 2.24) is 5.32 Å². The predicted molar refractivity (Wildman–Crippen MR) is 85.1 cm³/mol. The minimum Gasteiger partial charge on any atom is -0.464 e. The Bertz CT molecular complexity index is 585. The summed E-state index contributed by atoms with van der Waals surface area (Å²) in [6.07, 6.45) is 0.676. The third-order valence-corrected chi connectivity index (χ3v) is 4.01. The molecule has 2 atom stereocenters. The molecule has 0 aromatic heterocycles. The zero-order valence-corrected chi connectivity index (χ0v) is 13.8. The van der Waals surface area contributed by atoms with Gasteiger partial charge in [-0.05, 0) is 31.9 Å². The molecule has 0 unspecified atom stereocenters. The topological polar surface area (TPSA) is 98.5 Å². The van der Waals surface area contributed by atoms with E-state index in [1.807, 2.05) is 13.8 Å². The molecule has 1 aromatic rings. The van der Waals surface area contributed by atoms with E-state index in [4.69, 9.17) is 4.74 Å². The van der Waals surface area contributed by atoms with Gasteiger partial charge in [0.2, 0.25) is 0 Å². The van der Waals surface area contributed by atoms with Crippen LogP contribution >= 0.6 is 0 Å². The van der Waals surface area contributed by atoms with Crippen LogP contribution in [0.2, 0.25) is 0 Å². The molecule has 1 aromatic carbocycles. The van der Waals surface area contributed by atoms with Crippen molar-refractivity contribution < 1.29 is 19.2 Å². The van der Waals surface area contributed by atoms with Crippen molar-refractivity contribution in [3.63, 3.8) is 0 Å². The van der Waals surface area contributed by atoms with Crippen LogP contribution in [0.4, 0.5) is 5.69 Å². The third kappa shape index (κ3) is 4.28. The van der Waals surface area contributed by atoms with Crippen molar-refractivity contribution in [1.29, 1.82) is 0 Å². The highest BCUT2D eigenvalue weighted by Crippen LogP contribution is 2.23. The molecule has 126 valence electrons. The number of esters is 1. The minimum atomic E-state index is -1.16. The van der Waals surface area contributed by atoms with Gasteiger partial charge in [-0.1, -0.05) is 20.3 Å². The maximum Gasteiger partial charge on any atom is 0.331 e. The van der Waals surface area contributed by atoms with E-state index in [-0.39, 0.29) is 23.8 Å². The van der Waals surface area contributed by atoms with E-state index in [1.54, 1.807) is 13.8 Å². The van der Waals surface area contributed by atoms with Crippen molar-refractivity contribution in [2.45, 2.75) is 39.7 Å². The van der Waals surface area contributed by atoms with E-state index in [2.05, 4.69) is 5.32 Å². The molecular formula is C16H22N2O5. The molecular weight excluding hydrogens is 300 g/mol. The van der Waals surface area contributed by atoms with E-state index >= 15 is 0 Å². The Morgan fingerprint density at radius 1 is 1.30 bits per heavy atom. The monoisotopic (exact) mass is 322 g/mol. The molecule has 0 heterocycles. The number of benzene rings is 1. The molecule has 7 heteroatoms. The number of nitro groups is 1. The zero-order chi connectivity index (χ0) is 17.6. The van der Waals surface area contributed by atoms with Crippen molar-refractivity contribution in [3.8, 4) is 0 Å². The summed E-state index contributed by atoms with van der Waals surface area (Å²) in [5.74, 6) is -1.11. The van der Waals surface area contributed by atoms with Gasteiger partial charge < -0.3 is 10.1 Å². The molecule has 0 aliphatic rings. The lowest BCUT2D eigenvalue weighted by Gasteiger charge is -2.33. The van der Waals surface area contributed by atoms with Crippen LogP contribution in [0.1, 0.15) is 44.5 Å². The smallest absolute Gasteiger partial charge is 0.331 e. The Labute approximate surface area is 135 Å². The number of hydrogen-bond acceptors (Lipinski definition) is 5. The van der Waals surface area contributed by atoms with Crippen molar-refractivity contribution >= 4 is 17.6 Å². The van der Waals surface area contributed by atoms with Gasteiger partial charge in [0.1, 0.15) is 5.54 Å². The molecule has 0 fully saturated rings. The largest absolute Gasteiger partial charge is 0.464 e. The molecule has 23 heavy (non-hydrogen) atoms. The number of nitro benzene ring substituents is 1. The van der Waals surface area contributed by atoms with E-state index < -0.39 is 22.3 Å². The van der Waals surface area contributed by atoms with Gasteiger partial charge in [0, 0.05) is 17.7 Å². The first-order valence-corrected chi connectivity index (χ1v) is 7.50. The van der Waals surface area contributed by atoms with Crippen molar-refractivity contribution in [2.75, 3.05) is 6.61 Å². The quantitative estimate of drug-likeness (QED) is 0.473. The number of nitrogens with zero attached hydrogens (tertiary/aromatic N) is 1. The van der Waals surface area contributed by atoms with Crippen LogP contribution in [0.25, 0.3) is 0 Å². The fourth-order valence-electron chi connectivity index (χ4n) is 2.11. The zero-order valence-electron chi connectivity index (χ0n) is 13.8. The highest BCUT2D eigenvalue weighted by Gasteiger charge is 2.41. The first-order chi connectivity index (χ1) is 10.8. The van der Waals surface area contributed by atoms with E-state index in [9.17, 15) is 19.7 Å². The second-order valence-corrected chi connectivity index (χ2v) is 5.49. The first-order valence-electron chi connectivity index (χ1n) is 7.50. The summed E-state index contributed by atoms with van der Waals surface area (Å²) in [7, 11) is 0. The summed E-state index contributed by atoms with van der Waals surface area (Å²) in [4.78, 5) is 34.7. The van der Waals surface area contributed by atoms with E-state index in [1.165, 1.54) is 24.3 Å². The van der Waals surface area contributed by atoms with Crippen LogP contribution in [0, 0.1) is 16.0 Å². The molecule has 1 rings (SSSR count). The van der Waals surface area contributed by atoms with Gasteiger partial charge in [0.25, 0.3) is 11.6 Å². The Kier molecular flexibility index (Phi) is 6.24. The summed E-state index contributed by atoms with van der Waals surface area (Å²) >= 11 is 0. The standard InChI is InChI=1S/C16H22N2O5/c1-5-11(3)16(4,15(20)23-6-2)17-14(19)12-7-9-13(10-8-12)18(21)22/h7-11H,5-6H2,1-4H3,(H,17,19)/t11-,16-/m0/s1. The van der Waals surface area contributed by atoms with Crippen LogP contribution < -0.4 is 5.32 Å². The van der Waals surface area contributed by atoms with E-state index in [0.717, 1.165) is 0 Å². The maximum atomic E-state index is 12.4. The van der Waals surface area contributed by atoms with E-state index in [0.29, 0.717) is 6.42 Å². The van der Waals surface area contributed by atoms with Crippen LogP contribution in [0.5, 0.6) is 0 Å². The average molecular weight is 322 g/mol. The second kappa shape index (κ2) is 7.71. The normalized spacial score (nSPS) is 14.4. The van der Waals surface area contributed by atoms with Gasteiger partial charge in [-0.15, -0.1) is 0 Å². The van der Waals surface area contributed by atoms with Gasteiger partial charge in [0.05, 0.1) is 11.5 Å². The molecule has 0 aliphatic heterocycles. The molecule has 7 nitrogen and oxygen atoms in total. The van der Waals surface area contributed by atoms with Gasteiger partial charge in [-0.2, -0.15) is 0 Å². The average Bonchev–Trinajstić information content (AvgIpc) is 2.54. The van der Waals surface area contributed by atoms with Gasteiger partial charge in [-0.25, -0.2) is 4.79 Å². The summed E-state index contributed by atoms with van der Waals surface area (Å²) in [6.45, 7) is 7.32. The number of ether oxygens (including phenoxy) is 1. The fraction of sp³-hybridized carbons (Fsp3) is 0.500. The first kappa shape index (κ1) is 18.6. The molecule has 0 saturated carbocycles. The summed E-state index contributed by atoms with van der Waals surface area (Å²) in [6, 6.07) is 5.21. The van der Waals surface area contributed by atoms with Crippen LogP contribution in [0.3, 0.4) is 0 Å². The number of nitrogens with one attached hydrogen (secondary N) is 1. The molecule has 0 bridgehead atoms. The number of carbonyl (C=O) groups is 2. The highest BCUT2D eigenvalue weighted by molar-refractivity contribution is 5.98. The van der Waals surface area contributed by atoms with Crippen LogP contribution in [-0.4, -0.2) is 28.9 Å². The maximum absolute atomic E-state index is 12.4. The Hall–Kier alpha value is -2.44.